The smallest absolute Gasteiger partial charge is 0.121 e. The molecule has 2 aromatic heterocycles. The number of nitrogens with zero attached hydrogens (tertiary/aromatic N) is 2. The van der Waals surface area contributed by atoms with Crippen molar-refractivity contribution in [2.24, 2.45) is 7.05 Å². The molecule has 3 aromatic rings. The highest BCUT2D eigenvalue weighted by Gasteiger charge is 2.02. The largest absolute Gasteiger partial charge is 0.353 e. The summed E-state index contributed by atoms with van der Waals surface area (Å²) in [7, 11) is 2.05. The molecule has 0 atom stereocenters. The van der Waals surface area contributed by atoms with Gasteiger partial charge in [0.15, 0.2) is 0 Å². The molecule has 4 heteroatoms. The lowest BCUT2D eigenvalue weighted by molar-refractivity contribution is 0.639. The lowest BCUT2D eigenvalue weighted by Gasteiger charge is -2.04. The first-order valence-electron chi connectivity index (χ1n) is 6.07. The van der Waals surface area contributed by atoms with Gasteiger partial charge >= 0.3 is 0 Å². The fourth-order valence-corrected chi connectivity index (χ4v) is 2.08. The van der Waals surface area contributed by atoms with E-state index in [9.17, 15) is 0 Å². The first-order valence-corrected chi connectivity index (χ1v) is 6.07. The summed E-state index contributed by atoms with van der Waals surface area (Å²) < 4.78 is 2.12. The molecule has 1 aromatic carbocycles. The lowest BCUT2D eigenvalue weighted by atomic mass is 10.3. The van der Waals surface area contributed by atoms with E-state index in [4.69, 9.17) is 0 Å². The maximum atomic E-state index is 4.53. The zero-order chi connectivity index (χ0) is 12.4. The third-order valence-electron chi connectivity index (χ3n) is 3.09. The van der Waals surface area contributed by atoms with Crippen molar-refractivity contribution in [1.29, 1.82) is 0 Å². The third kappa shape index (κ3) is 2.15. The van der Waals surface area contributed by atoms with Gasteiger partial charge in [-0.2, -0.15) is 0 Å². The highest BCUT2D eigenvalue weighted by Crippen LogP contribution is 2.10. The van der Waals surface area contributed by atoms with Crippen LogP contribution in [0.25, 0.3) is 11.0 Å². The van der Waals surface area contributed by atoms with Crippen LogP contribution in [0.5, 0.6) is 0 Å². The summed E-state index contributed by atoms with van der Waals surface area (Å²) in [5.41, 5.74) is 3.38. The van der Waals surface area contributed by atoms with E-state index in [1.807, 2.05) is 24.3 Å². The van der Waals surface area contributed by atoms with Crippen molar-refractivity contribution >= 4 is 11.0 Å². The van der Waals surface area contributed by atoms with E-state index >= 15 is 0 Å². The van der Waals surface area contributed by atoms with Gasteiger partial charge in [0.2, 0.25) is 0 Å². The zero-order valence-electron chi connectivity index (χ0n) is 10.4. The summed E-state index contributed by atoms with van der Waals surface area (Å²) in [5, 5.41) is 3.39. The van der Waals surface area contributed by atoms with Crippen molar-refractivity contribution in [2.75, 3.05) is 0 Å². The summed E-state index contributed by atoms with van der Waals surface area (Å²) in [4.78, 5) is 7.84. The van der Waals surface area contributed by atoms with Crippen LogP contribution in [0.4, 0.5) is 0 Å². The Labute approximate surface area is 106 Å². The molecule has 3 rings (SSSR count). The van der Waals surface area contributed by atoms with Gasteiger partial charge in [0.05, 0.1) is 17.6 Å². The van der Waals surface area contributed by atoms with Gasteiger partial charge in [-0.05, 0) is 24.3 Å². The molecule has 0 radical (unpaired) electrons. The minimum Gasteiger partial charge on any atom is -0.353 e. The second-order valence-electron chi connectivity index (χ2n) is 4.41. The van der Waals surface area contributed by atoms with E-state index in [0.717, 1.165) is 29.9 Å². The topological polar surface area (TPSA) is 45.6 Å². The molecule has 0 aliphatic rings. The predicted octanol–water partition coefficient (Wildman–Crippen LogP) is 2.19. The molecule has 0 bridgehead atoms. The molecule has 0 aliphatic heterocycles. The molecule has 0 saturated heterocycles. The fraction of sp³-hybridized carbons (Fsp3) is 0.214. The minimum atomic E-state index is 0.750. The Morgan fingerprint density at radius 1 is 1.17 bits per heavy atom. The van der Waals surface area contributed by atoms with Crippen LogP contribution in [0.3, 0.4) is 0 Å². The first-order chi connectivity index (χ1) is 8.83. The van der Waals surface area contributed by atoms with Crippen molar-refractivity contribution in [1.82, 2.24) is 19.9 Å². The quantitative estimate of drug-likeness (QED) is 0.734. The summed E-state index contributed by atoms with van der Waals surface area (Å²) in [5.74, 6) is 0.977. The summed E-state index contributed by atoms with van der Waals surface area (Å²) in [6.45, 7) is 1.60. The highest BCUT2D eigenvalue weighted by atomic mass is 15.0. The van der Waals surface area contributed by atoms with E-state index in [2.05, 4.69) is 45.2 Å². The maximum Gasteiger partial charge on any atom is 0.121 e. The number of nitrogens with one attached hydrogen (secondary N) is 2. The van der Waals surface area contributed by atoms with Crippen molar-refractivity contribution in [3.05, 3.63) is 54.1 Å². The Bertz CT molecular complexity index is 617. The summed E-state index contributed by atoms with van der Waals surface area (Å²) >= 11 is 0. The Morgan fingerprint density at radius 3 is 2.83 bits per heavy atom. The summed E-state index contributed by atoms with van der Waals surface area (Å²) in [6.07, 6.45) is 2.05. The van der Waals surface area contributed by atoms with Crippen molar-refractivity contribution < 1.29 is 0 Å². The molecule has 4 nitrogen and oxygen atoms in total. The number of H-pyrrole nitrogens is 1. The maximum absolute atomic E-state index is 4.53. The van der Waals surface area contributed by atoms with E-state index in [0.29, 0.717) is 0 Å². The van der Waals surface area contributed by atoms with Crippen molar-refractivity contribution in [3.8, 4) is 0 Å². The average molecular weight is 240 g/mol. The molecule has 18 heavy (non-hydrogen) atoms. The molecular formula is C14H16N4. The van der Waals surface area contributed by atoms with Gasteiger partial charge in [0, 0.05) is 25.5 Å². The van der Waals surface area contributed by atoms with Gasteiger partial charge in [-0.25, -0.2) is 4.98 Å². The van der Waals surface area contributed by atoms with Crippen molar-refractivity contribution in [3.63, 3.8) is 0 Å². The number of para-hydroxylation sites is 2. The number of imidazole rings is 1. The number of aryl methyl sites for hydroxylation is 1. The molecule has 2 heterocycles. The van der Waals surface area contributed by atoms with E-state index in [-0.39, 0.29) is 0 Å². The van der Waals surface area contributed by atoms with Crippen LogP contribution in [0.2, 0.25) is 0 Å². The molecular weight excluding hydrogens is 224 g/mol. The third-order valence-corrected chi connectivity index (χ3v) is 3.09. The minimum absolute atomic E-state index is 0.750. The Kier molecular flexibility index (Phi) is 2.86. The molecule has 0 unspecified atom stereocenters. The molecule has 0 amide bonds. The Hall–Kier alpha value is -2.07. The van der Waals surface area contributed by atoms with Gasteiger partial charge in [0.1, 0.15) is 5.82 Å². The number of hydrogen-bond acceptors (Lipinski definition) is 2. The van der Waals surface area contributed by atoms with Crippen LogP contribution >= 0.6 is 0 Å². The number of aromatic nitrogens is 3. The number of aromatic amines is 1. The Balaban J connectivity index is 1.65. The molecule has 2 N–H and O–H groups in total. The number of rotatable bonds is 4. The van der Waals surface area contributed by atoms with Crippen LogP contribution in [-0.2, 0) is 20.1 Å². The van der Waals surface area contributed by atoms with Crippen molar-refractivity contribution in [2.45, 2.75) is 13.1 Å². The van der Waals surface area contributed by atoms with E-state index in [1.165, 1.54) is 5.69 Å². The van der Waals surface area contributed by atoms with Crippen LogP contribution in [0, 0.1) is 0 Å². The number of fused-ring (bicyclic) bond motifs is 1. The van der Waals surface area contributed by atoms with Gasteiger partial charge < -0.3 is 14.9 Å². The predicted molar refractivity (Wildman–Crippen MR) is 72.1 cm³/mol. The fourth-order valence-electron chi connectivity index (χ4n) is 2.08. The monoisotopic (exact) mass is 240 g/mol. The summed E-state index contributed by atoms with van der Waals surface area (Å²) in [6, 6.07) is 12.3. The normalized spacial score (nSPS) is 11.2. The van der Waals surface area contributed by atoms with E-state index in [1.54, 1.807) is 0 Å². The van der Waals surface area contributed by atoms with Gasteiger partial charge in [-0.15, -0.1) is 0 Å². The second-order valence-corrected chi connectivity index (χ2v) is 4.41. The SMILES string of the molecule is Cn1cccc1CNCc1nc2ccccc2[nH]1. The number of benzene rings is 1. The average Bonchev–Trinajstić information content (AvgIpc) is 2.96. The van der Waals surface area contributed by atoms with E-state index < -0.39 is 0 Å². The van der Waals surface area contributed by atoms with Gasteiger partial charge in [-0.3, -0.25) is 0 Å². The molecule has 0 saturated carbocycles. The standard InChI is InChI=1S/C14H16N4/c1-18-8-4-5-11(18)9-15-10-14-16-12-6-2-3-7-13(12)17-14/h2-8,15H,9-10H2,1H3,(H,16,17). The number of hydrogen-bond donors (Lipinski definition) is 2. The zero-order valence-corrected chi connectivity index (χ0v) is 10.4. The van der Waals surface area contributed by atoms with Crippen LogP contribution in [0.1, 0.15) is 11.5 Å². The Morgan fingerprint density at radius 2 is 2.06 bits per heavy atom. The second kappa shape index (κ2) is 4.66. The lowest BCUT2D eigenvalue weighted by Crippen LogP contribution is -2.15. The first kappa shape index (κ1) is 11.0. The van der Waals surface area contributed by atoms with Gasteiger partial charge in [0.25, 0.3) is 0 Å². The van der Waals surface area contributed by atoms with Crippen LogP contribution < -0.4 is 5.32 Å². The molecule has 0 spiro atoms. The molecule has 0 fully saturated rings. The van der Waals surface area contributed by atoms with Crippen LogP contribution in [0.15, 0.2) is 42.6 Å². The highest BCUT2D eigenvalue weighted by molar-refractivity contribution is 5.74. The molecule has 0 aliphatic carbocycles. The van der Waals surface area contributed by atoms with Crippen LogP contribution in [-0.4, -0.2) is 14.5 Å². The molecule has 92 valence electrons. The van der Waals surface area contributed by atoms with Gasteiger partial charge in [-0.1, -0.05) is 12.1 Å².